The van der Waals surface area contributed by atoms with Crippen LogP contribution in [-0.4, -0.2) is 68.5 Å². The molecule has 4 amide bonds. The van der Waals surface area contributed by atoms with Crippen molar-refractivity contribution in [3.05, 3.63) is 36.2 Å². The molecule has 1 saturated heterocycles. The minimum Gasteiger partial charge on any atom is -0.347 e. The van der Waals surface area contributed by atoms with Crippen LogP contribution in [0.1, 0.15) is 12.5 Å². The van der Waals surface area contributed by atoms with E-state index in [2.05, 4.69) is 20.8 Å². The molecule has 1 fully saturated rings. The van der Waals surface area contributed by atoms with Crippen molar-refractivity contribution >= 4 is 17.8 Å². The van der Waals surface area contributed by atoms with Gasteiger partial charge in [0.25, 0.3) is 5.91 Å². The highest BCUT2D eigenvalue weighted by Crippen LogP contribution is 2.29. The van der Waals surface area contributed by atoms with Crippen LogP contribution in [0.3, 0.4) is 0 Å². The van der Waals surface area contributed by atoms with Gasteiger partial charge in [-0.2, -0.15) is 0 Å². The zero-order valence-electron chi connectivity index (χ0n) is 14.0. The Morgan fingerprint density at radius 2 is 1.92 bits per heavy atom. The average Bonchev–Trinajstić information content (AvgIpc) is 3.19. The van der Waals surface area contributed by atoms with Gasteiger partial charge >= 0.3 is 6.03 Å². The normalized spacial score (nSPS) is 19.9. The number of aromatic nitrogens is 4. The van der Waals surface area contributed by atoms with Gasteiger partial charge in [0.1, 0.15) is 18.4 Å². The molecule has 3 rings (SSSR count). The summed E-state index contributed by atoms with van der Waals surface area (Å²) >= 11 is 0. The first-order valence-electron chi connectivity index (χ1n) is 7.51. The summed E-state index contributed by atoms with van der Waals surface area (Å²) in [7, 11) is 3.13. The molecule has 0 radical (unpaired) electrons. The fraction of sp³-hybridized carbons (Fsp3) is 0.333. The van der Waals surface area contributed by atoms with Crippen molar-refractivity contribution < 1.29 is 14.4 Å². The van der Waals surface area contributed by atoms with Crippen LogP contribution in [0.4, 0.5) is 4.79 Å². The van der Waals surface area contributed by atoms with Crippen molar-refractivity contribution in [3.63, 3.8) is 0 Å². The largest absolute Gasteiger partial charge is 0.347 e. The number of imide groups is 1. The van der Waals surface area contributed by atoms with Crippen LogP contribution >= 0.6 is 0 Å². The van der Waals surface area contributed by atoms with Gasteiger partial charge in [0, 0.05) is 14.1 Å². The number of tetrazole rings is 1. The molecule has 1 aliphatic rings. The summed E-state index contributed by atoms with van der Waals surface area (Å²) in [4.78, 5) is 39.0. The number of likely N-dealkylation sites (N-methyl/N-ethyl adjacent to an activating group) is 1. The van der Waals surface area contributed by atoms with Gasteiger partial charge in [-0.05, 0) is 35.0 Å². The van der Waals surface area contributed by atoms with Gasteiger partial charge < -0.3 is 10.2 Å². The van der Waals surface area contributed by atoms with E-state index in [4.69, 9.17) is 0 Å². The number of amides is 4. The van der Waals surface area contributed by atoms with E-state index in [1.54, 1.807) is 45.3 Å². The summed E-state index contributed by atoms with van der Waals surface area (Å²) in [5.74, 6) is -0.801. The Morgan fingerprint density at radius 3 is 2.48 bits per heavy atom. The second kappa shape index (κ2) is 5.96. The zero-order chi connectivity index (χ0) is 18.2. The zero-order valence-corrected chi connectivity index (χ0v) is 14.0. The predicted molar refractivity (Wildman–Crippen MR) is 85.4 cm³/mol. The molecule has 1 atom stereocenters. The SMILES string of the molecule is CN(C)C(=O)CN1C(=O)N[C@@](C)(c2ccc(-n3cnnn3)cc2)C1=O. The molecule has 0 bridgehead atoms. The first kappa shape index (κ1) is 16.6. The Balaban J connectivity index is 1.85. The fourth-order valence-corrected chi connectivity index (χ4v) is 2.54. The van der Waals surface area contributed by atoms with Crippen molar-refractivity contribution in [2.75, 3.05) is 20.6 Å². The smallest absolute Gasteiger partial charge is 0.325 e. The molecule has 1 N–H and O–H groups in total. The van der Waals surface area contributed by atoms with E-state index < -0.39 is 17.5 Å². The van der Waals surface area contributed by atoms with Crippen LogP contribution in [0.2, 0.25) is 0 Å². The number of carbonyl (C=O) groups is 3. The second-order valence-electron chi connectivity index (χ2n) is 6.04. The number of hydrogen-bond donors (Lipinski definition) is 1. The predicted octanol–water partition coefficient (Wildman–Crippen LogP) is -0.482. The Labute approximate surface area is 143 Å². The summed E-state index contributed by atoms with van der Waals surface area (Å²) in [6, 6.07) is 6.32. The summed E-state index contributed by atoms with van der Waals surface area (Å²) in [6.07, 6.45) is 1.45. The minimum atomic E-state index is -1.23. The van der Waals surface area contributed by atoms with Gasteiger partial charge in [-0.25, -0.2) is 9.48 Å². The van der Waals surface area contributed by atoms with Crippen molar-refractivity contribution in [1.82, 2.24) is 35.3 Å². The lowest BCUT2D eigenvalue weighted by Gasteiger charge is -2.22. The van der Waals surface area contributed by atoms with Gasteiger partial charge in [-0.1, -0.05) is 12.1 Å². The third-order valence-corrected chi connectivity index (χ3v) is 4.13. The number of benzene rings is 1. The first-order valence-corrected chi connectivity index (χ1v) is 7.51. The highest BCUT2D eigenvalue weighted by molar-refractivity contribution is 6.09. The van der Waals surface area contributed by atoms with E-state index in [0.29, 0.717) is 11.3 Å². The van der Waals surface area contributed by atoms with Crippen molar-refractivity contribution in [1.29, 1.82) is 0 Å². The molecule has 1 aromatic heterocycles. The lowest BCUT2D eigenvalue weighted by atomic mass is 9.92. The molecule has 2 heterocycles. The van der Waals surface area contributed by atoms with E-state index in [1.165, 1.54) is 15.9 Å². The molecule has 10 heteroatoms. The Kier molecular flexibility index (Phi) is 3.95. The van der Waals surface area contributed by atoms with E-state index in [1.807, 2.05) is 0 Å². The van der Waals surface area contributed by atoms with Crippen LogP contribution in [0.15, 0.2) is 30.6 Å². The molecule has 0 aliphatic carbocycles. The average molecular weight is 343 g/mol. The number of hydrogen-bond acceptors (Lipinski definition) is 6. The van der Waals surface area contributed by atoms with Gasteiger partial charge in [-0.15, -0.1) is 5.10 Å². The maximum atomic E-state index is 12.7. The third-order valence-electron chi connectivity index (χ3n) is 4.13. The molecule has 0 saturated carbocycles. The first-order chi connectivity index (χ1) is 11.8. The molecular formula is C15H17N7O3. The highest BCUT2D eigenvalue weighted by Gasteiger charge is 2.49. The van der Waals surface area contributed by atoms with Gasteiger partial charge in [0.05, 0.1) is 5.69 Å². The monoisotopic (exact) mass is 343 g/mol. The van der Waals surface area contributed by atoms with Crippen molar-refractivity contribution in [2.24, 2.45) is 0 Å². The molecule has 130 valence electrons. The molecule has 10 nitrogen and oxygen atoms in total. The molecule has 2 aromatic rings. The van der Waals surface area contributed by atoms with Gasteiger partial charge in [0.2, 0.25) is 5.91 Å². The van der Waals surface area contributed by atoms with E-state index in [9.17, 15) is 14.4 Å². The topological polar surface area (TPSA) is 113 Å². The minimum absolute atomic E-state index is 0.296. The third kappa shape index (κ3) is 2.82. The van der Waals surface area contributed by atoms with Crippen LogP contribution in [0.25, 0.3) is 5.69 Å². The molecule has 0 unspecified atom stereocenters. The van der Waals surface area contributed by atoms with Crippen LogP contribution in [-0.2, 0) is 15.1 Å². The van der Waals surface area contributed by atoms with Gasteiger partial charge in [-0.3, -0.25) is 14.5 Å². The maximum Gasteiger partial charge on any atom is 0.325 e. The Bertz CT molecular complexity index is 816. The van der Waals surface area contributed by atoms with Crippen LogP contribution in [0.5, 0.6) is 0 Å². The molecule has 25 heavy (non-hydrogen) atoms. The summed E-state index contributed by atoms with van der Waals surface area (Å²) < 4.78 is 1.48. The summed E-state index contributed by atoms with van der Waals surface area (Å²) in [5, 5.41) is 13.6. The maximum absolute atomic E-state index is 12.7. The standard InChI is InChI=1S/C15H17N7O3/c1-15(10-4-6-11(7-5-10)22-9-16-18-19-22)13(24)21(14(25)17-15)8-12(23)20(2)3/h4-7,9H,8H2,1-3H3,(H,17,25)/t15-/m0/s1. The number of carbonyl (C=O) groups excluding carboxylic acids is 3. The van der Waals surface area contributed by atoms with E-state index >= 15 is 0 Å². The molecular weight excluding hydrogens is 326 g/mol. The van der Waals surface area contributed by atoms with Crippen molar-refractivity contribution in [3.8, 4) is 5.69 Å². The number of urea groups is 1. The van der Waals surface area contributed by atoms with E-state index in [-0.39, 0.29) is 12.5 Å². The number of rotatable bonds is 4. The molecule has 0 spiro atoms. The fourth-order valence-electron chi connectivity index (χ4n) is 2.54. The number of nitrogens with zero attached hydrogens (tertiary/aromatic N) is 6. The lowest BCUT2D eigenvalue weighted by molar-refractivity contribution is -0.137. The van der Waals surface area contributed by atoms with Crippen LogP contribution < -0.4 is 5.32 Å². The molecule has 1 aliphatic heterocycles. The highest BCUT2D eigenvalue weighted by atomic mass is 16.2. The summed E-state index contributed by atoms with van der Waals surface area (Å²) in [6.45, 7) is 1.31. The second-order valence-corrected chi connectivity index (χ2v) is 6.04. The lowest BCUT2D eigenvalue weighted by Crippen LogP contribution is -2.43. The molecule has 1 aromatic carbocycles. The quantitative estimate of drug-likeness (QED) is 0.750. The number of nitrogens with one attached hydrogen (secondary N) is 1. The van der Waals surface area contributed by atoms with E-state index in [0.717, 1.165) is 4.90 Å². The van der Waals surface area contributed by atoms with Gasteiger partial charge in [0.15, 0.2) is 0 Å². The Hall–Kier alpha value is -3.30. The summed E-state index contributed by atoms with van der Waals surface area (Å²) in [5.41, 5.74) is 0.0827. The van der Waals surface area contributed by atoms with Crippen molar-refractivity contribution in [2.45, 2.75) is 12.5 Å². The van der Waals surface area contributed by atoms with Crippen LogP contribution in [0, 0.1) is 0 Å². The Morgan fingerprint density at radius 1 is 1.24 bits per heavy atom.